The zero-order chi connectivity index (χ0) is 10.3. The summed E-state index contributed by atoms with van der Waals surface area (Å²) >= 11 is 6.11. The van der Waals surface area contributed by atoms with E-state index in [0.717, 1.165) is 16.2 Å². The monoisotopic (exact) mass is 214 g/mol. The Bertz CT molecular complexity index is 212. The van der Waals surface area contributed by atoms with E-state index in [1.54, 1.807) is 11.8 Å². The van der Waals surface area contributed by atoms with Crippen LogP contribution < -0.4 is 0 Å². The molecule has 0 aliphatic carbocycles. The van der Waals surface area contributed by atoms with Crippen molar-refractivity contribution in [3.05, 3.63) is 34.6 Å². The van der Waals surface area contributed by atoms with Crippen molar-refractivity contribution in [3.63, 3.8) is 0 Å². The summed E-state index contributed by atoms with van der Waals surface area (Å²) in [6, 6.07) is 0. The Morgan fingerprint density at radius 3 is 2.62 bits per heavy atom. The third kappa shape index (κ3) is 7.03. The van der Waals surface area contributed by atoms with Gasteiger partial charge in [0.05, 0.1) is 0 Å². The molecule has 0 aromatic carbocycles. The lowest BCUT2D eigenvalue weighted by molar-refractivity contribution is 1.12. The lowest BCUT2D eigenvalue weighted by atomic mass is 10.4. The van der Waals surface area contributed by atoms with Crippen molar-refractivity contribution in [3.8, 4) is 0 Å². The minimum Gasteiger partial charge on any atom is -0.142 e. The van der Waals surface area contributed by atoms with Crippen molar-refractivity contribution in [2.24, 2.45) is 0 Å². The molecule has 0 unspecified atom stereocenters. The molecule has 0 saturated carbocycles. The molecule has 0 spiro atoms. The maximum atomic E-state index is 4.36. The topological polar surface area (TPSA) is 0 Å². The van der Waals surface area contributed by atoms with Crippen molar-refractivity contribution in [2.45, 2.75) is 32.4 Å². The molecular weight excluding hydrogens is 196 g/mol. The van der Waals surface area contributed by atoms with Crippen LogP contribution in [0.1, 0.15) is 27.2 Å². The van der Waals surface area contributed by atoms with Gasteiger partial charge in [-0.3, -0.25) is 0 Å². The van der Waals surface area contributed by atoms with E-state index in [1.165, 1.54) is 0 Å². The number of hydrogen-bond donors (Lipinski definition) is 1. The molecule has 0 saturated heterocycles. The smallest absolute Gasteiger partial charge is 0.0170 e. The molecule has 0 bridgehead atoms. The molecule has 13 heavy (non-hydrogen) atoms. The van der Waals surface area contributed by atoms with Gasteiger partial charge >= 0.3 is 0 Å². The summed E-state index contributed by atoms with van der Waals surface area (Å²) < 4.78 is 0. The number of rotatable bonds is 5. The van der Waals surface area contributed by atoms with Gasteiger partial charge in [-0.05, 0) is 12.5 Å². The molecule has 0 fully saturated rings. The quantitative estimate of drug-likeness (QED) is 0.522. The molecule has 0 atom stereocenters. The first kappa shape index (κ1) is 12.9. The third-order valence-corrected chi connectivity index (χ3v) is 2.84. The second-order valence-electron chi connectivity index (χ2n) is 2.98. The summed E-state index contributed by atoms with van der Waals surface area (Å²) in [5, 5.41) is 0.568. The van der Waals surface area contributed by atoms with Crippen LogP contribution in [0.15, 0.2) is 34.6 Å². The predicted molar refractivity (Wildman–Crippen MR) is 68.4 cm³/mol. The van der Waals surface area contributed by atoms with Crippen molar-refractivity contribution in [1.82, 2.24) is 0 Å². The number of thiol groups is 1. The SMILES string of the molecule is C=C(SC(C)C)/C(S)=C\C=C/CC. The maximum absolute atomic E-state index is 4.36. The Morgan fingerprint density at radius 2 is 2.15 bits per heavy atom. The van der Waals surface area contributed by atoms with Gasteiger partial charge in [-0.2, -0.15) is 0 Å². The first-order valence-corrected chi connectivity index (χ1v) is 5.82. The van der Waals surface area contributed by atoms with Gasteiger partial charge in [-0.1, -0.05) is 39.5 Å². The van der Waals surface area contributed by atoms with Gasteiger partial charge in [0, 0.05) is 15.1 Å². The first-order chi connectivity index (χ1) is 6.07. The van der Waals surface area contributed by atoms with Crippen molar-refractivity contribution in [1.29, 1.82) is 0 Å². The summed E-state index contributed by atoms with van der Waals surface area (Å²) in [6.07, 6.45) is 7.17. The fourth-order valence-corrected chi connectivity index (χ4v) is 1.74. The van der Waals surface area contributed by atoms with Gasteiger partial charge in [0.2, 0.25) is 0 Å². The van der Waals surface area contributed by atoms with E-state index in [0.29, 0.717) is 5.25 Å². The van der Waals surface area contributed by atoms with Crippen LogP contribution in [0, 0.1) is 0 Å². The molecule has 0 aliphatic heterocycles. The number of hydrogen-bond acceptors (Lipinski definition) is 2. The summed E-state index contributed by atoms with van der Waals surface area (Å²) in [5.74, 6) is 0. The van der Waals surface area contributed by atoms with E-state index in [9.17, 15) is 0 Å². The Hall–Kier alpha value is -0.0800. The highest BCUT2D eigenvalue weighted by molar-refractivity contribution is 8.05. The van der Waals surface area contributed by atoms with E-state index >= 15 is 0 Å². The maximum Gasteiger partial charge on any atom is 0.0170 e. The predicted octanol–water partition coefficient (Wildman–Crippen LogP) is 4.42. The van der Waals surface area contributed by atoms with E-state index in [1.807, 2.05) is 12.2 Å². The Morgan fingerprint density at radius 1 is 1.54 bits per heavy atom. The summed E-state index contributed by atoms with van der Waals surface area (Å²) in [7, 11) is 0. The molecule has 2 heteroatoms. The van der Waals surface area contributed by atoms with Crippen LogP contribution in [-0.4, -0.2) is 5.25 Å². The molecule has 0 amide bonds. The molecule has 0 aliphatic rings. The molecule has 0 radical (unpaired) electrons. The summed E-state index contributed by atoms with van der Waals surface area (Å²) in [6.45, 7) is 10.4. The summed E-state index contributed by atoms with van der Waals surface area (Å²) in [5.41, 5.74) is 0. The molecule has 0 N–H and O–H groups in total. The Balaban J connectivity index is 4.09. The second kappa shape index (κ2) is 7.34. The largest absolute Gasteiger partial charge is 0.142 e. The Labute approximate surface area is 91.6 Å². The zero-order valence-corrected chi connectivity index (χ0v) is 10.3. The van der Waals surface area contributed by atoms with Crippen LogP contribution in [0.25, 0.3) is 0 Å². The molecule has 0 nitrogen and oxygen atoms in total. The zero-order valence-electron chi connectivity index (χ0n) is 8.58. The van der Waals surface area contributed by atoms with Crippen LogP contribution in [0.4, 0.5) is 0 Å². The van der Waals surface area contributed by atoms with Crippen LogP contribution in [0.2, 0.25) is 0 Å². The van der Waals surface area contributed by atoms with Gasteiger partial charge in [-0.25, -0.2) is 0 Å². The average Bonchev–Trinajstić information content (AvgIpc) is 2.03. The highest BCUT2D eigenvalue weighted by Gasteiger charge is 2.00. The van der Waals surface area contributed by atoms with Gasteiger partial charge < -0.3 is 0 Å². The van der Waals surface area contributed by atoms with Gasteiger partial charge in [-0.15, -0.1) is 24.4 Å². The molecule has 0 aromatic rings. The van der Waals surface area contributed by atoms with E-state index < -0.39 is 0 Å². The number of allylic oxidation sites excluding steroid dienone is 3. The van der Waals surface area contributed by atoms with Crippen molar-refractivity contribution in [2.75, 3.05) is 0 Å². The third-order valence-electron chi connectivity index (χ3n) is 1.29. The second-order valence-corrected chi connectivity index (χ2v) is 5.13. The highest BCUT2D eigenvalue weighted by atomic mass is 32.2. The molecular formula is C11H18S2. The molecule has 0 rings (SSSR count). The average molecular weight is 214 g/mol. The van der Waals surface area contributed by atoms with Crippen molar-refractivity contribution >= 4 is 24.4 Å². The lowest BCUT2D eigenvalue weighted by Gasteiger charge is -2.06. The first-order valence-electron chi connectivity index (χ1n) is 4.49. The summed E-state index contributed by atoms with van der Waals surface area (Å²) in [4.78, 5) is 2.00. The fourth-order valence-electron chi connectivity index (χ4n) is 0.733. The minimum absolute atomic E-state index is 0.568. The van der Waals surface area contributed by atoms with Crippen LogP contribution in [0.5, 0.6) is 0 Å². The van der Waals surface area contributed by atoms with E-state index in [4.69, 9.17) is 0 Å². The van der Waals surface area contributed by atoms with Crippen LogP contribution in [-0.2, 0) is 0 Å². The molecule has 74 valence electrons. The van der Waals surface area contributed by atoms with E-state index in [2.05, 4.69) is 46.1 Å². The minimum atomic E-state index is 0.568. The van der Waals surface area contributed by atoms with Gasteiger partial charge in [0.1, 0.15) is 0 Å². The fraction of sp³-hybridized carbons (Fsp3) is 0.455. The van der Waals surface area contributed by atoms with Crippen LogP contribution >= 0.6 is 24.4 Å². The van der Waals surface area contributed by atoms with Crippen LogP contribution in [0.3, 0.4) is 0 Å². The Kier molecular flexibility index (Phi) is 7.29. The standard InChI is InChI=1S/C11H18S2/c1-5-6-7-8-11(12)10(4)13-9(2)3/h6-9,12H,4-5H2,1-3H3/b7-6-,11-8+. The molecule has 0 heterocycles. The van der Waals surface area contributed by atoms with Gasteiger partial charge in [0.25, 0.3) is 0 Å². The highest BCUT2D eigenvalue weighted by Crippen LogP contribution is 2.28. The number of thioether (sulfide) groups is 1. The van der Waals surface area contributed by atoms with Gasteiger partial charge in [0.15, 0.2) is 0 Å². The van der Waals surface area contributed by atoms with E-state index in [-0.39, 0.29) is 0 Å². The normalized spacial score (nSPS) is 12.8. The lowest BCUT2D eigenvalue weighted by Crippen LogP contribution is -1.87. The molecule has 0 aromatic heterocycles. The van der Waals surface area contributed by atoms with Crippen molar-refractivity contribution < 1.29 is 0 Å².